The van der Waals surface area contributed by atoms with Gasteiger partial charge in [0, 0.05) is 18.0 Å². The van der Waals surface area contributed by atoms with Gasteiger partial charge in [-0.15, -0.1) is 0 Å². The minimum absolute atomic E-state index is 0.0312. The molecule has 1 heterocycles. The standard InChI is InChI=1S/C12H10FNO2S/c13-12(10-5-4-8-14-9-10)17(15,16)11-6-2-1-3-7-11/h1-9,12H. The summed E-state index contributed by atoms with van der Waals surface area (Å²) in [6, 6.07) is 10.4. The third-order valence-corrected chi connectivity index (χ3v) is 4.04. The van der Waals surface area contributed by atoms with E-state index in [1.807, 2.05) is 0 Å². The first-order chi connectivity index (χ1) is 8.12. The molecule has 1 aromatic carbocycles. The summed E-state index contributed by atoms with van der Waals surface area (Å²) in [6.45, 7) is 0. The molecule has 0 amide bonds. The summed E-state index contributed by atoms with van der Waals surface area (Å²) in [5.41, 5.74) is -2.05. The number of sulfone groups is 1. The van der Waals surface area contributed by atoms with Crippen molar-refractivity contribution in [3.8, 4) is 0 Å². The van der Waals surface area contributed by atoms with Gasteiger partial charge in [0.2, 0.25) is 15.3 Å². The third-order valence-electron chi connectivity index (χ3n) is 2.29. The van der Waals surface area contributed by atoms with E-state index >= 15 is 0 Å². The molecule has 0 radical (unpaired) electrons. The highest BCUT2D eigenvalue weighted by molar-refractivity contribution is 7.91. The molecule has 3 nitrogen and oxygen atoms in total. The van der Waals surface area contributed by atoms with Gasteiger partial charge in [-0.25, -0.2) is 12.8 Å². The van der Waals surface area contributed by atoms with E-state index in [1.165, 1.54) is 36.7 Å². The smallest absolute Gasteiger partial charge is 0.231 e. The van der Waals surface area contributed by atoms with Crippen molar-refractivity contribution in [2.24, 2.45) is 0 Å². The summed E-state index contributed by atoms with van der Waals surface area (Å²) in [4.78, 5) is 3.68. The zero-order valence-corrected chi connectivity index (χ0v) is 9.64. The van der Waals surface area contributed by atoms with Crippen molar-refractivity contribution in [1.82, 2.24) is 4.98 Å². The van der Waals surface area contributed by atoms with E-state index in [1.54, 1.807) is 18.2 Å². The van der Waals surface area contributed by atoms with Crippen molar-refractivity contribution in [3.05, 3.63) is 60.4 Å². The highest BCUT2D eigenvalue weighted by Crippen LogP contribution is 2.29. The van der Waals surface area contributed by atoms with Crippen LogP contribution >= 0.6 is 0 Å². The Kier molecular flexibility index (Phi) is 3.19. The fraction of sp³-hybridized carbons (Fsp3) is 0.0833. The molecule has 0 fully saturated rings. The molecule has 0 spiro atoms. The molecule has 5 heteroatoms. The average Bonchev–Trinajstić information content (AvgIpc) is 2.40. The van der Waals surface area contributed by atoms with Crippen LogP contribution < -0.4 is 0 Å². The summed E-state index contributed by atoms with van der Waals surface area (Å²) < 4.78 is 37.8. The summed E-state index contributed by atoms with van der Waals surface area (Å²) in [5, 5.41) is 0. The third kappa shape index (κ3) is 2.34. The van der Waals surface area contributed by atoms with E-state index in [0.29, 0.717) is 0 Å². The van der Waals surface area contributed by atoms with Gasteiger partial charge in [0.1, 0.15) is 0 Å². The largest absolute Gasteiger partial charge is 0.264 e. The minimum Gasteiger partial charge on any atom is -0.264 e. The van der Waals surface area contributed by atoms with Crippen LogP contribution in [0.4, 0.5) is 4.39 Å². The van der Waals surface area contributed by atoms with Gasteiger partial charge < -0.3 is 0 Å². The highest BCUT2D eigenvalue weighted by Gasteiger charge is 2.28. The molecule has 0 aliphatic rings. The molecule has 2 rings (SSSR count). The zero-order valence-electron chi connectivity index (χ0n) is 8.82. The second kappa shape index (κ2) is 4.63. The molecule has 0 saturated heterocycles. The maximum absolute atomic E-state index is 14.0. The van der Waals surface area contributed by atoms with E-state index in [9.17, 15) is 12.8 Å². The van der Waals surface area contributed by atoms with Crippen LogP contribution in [0.15, 0.2) is 59.8 Å². The summed E-state index contributed by atoms with van der Waals surface area (Å²) >= 11 is 0. The summed E-state index contributed by atoms with van der Waals surface area (Å²) in [7, 11) is -4.00. The molecular weight excluding hydrogens is 241 g/mol. The lowest BCUT2D eigenvalue weighted by Crippen LogP contribution is -2.09. The van der Waals surface area contributed by atoms with Crippen LogP contribution in [0.1, 0.15) is 11.1 Å². The van der Waals surface area contributed by atoms with Crippen LogP contribution in [0.2, 0.25) is 0 Å². The van der Waals surface area contributed by atoms with Crippen molar-refractivity contribution in [2.75, 3.05) is 0 Å². The Morgan fingerprint density at radius 2 is 1.76 bits per heavy atom. The first kappa shape index (κ1) is 11.7. The number of pyridine rings is 1. The highest BCUT2D eigenvalue weighted by atomic mass is 32.2. The lowest BCUT2D eigenvalue weighted by atomic mass is 10.3. The van der Waals surface area contributed by atoms with Gasteiger partial charge in [-0.1, -0.05) is 24.3 Å². The number of benzene rings is 1. The maximum Gasteiger partial charge on any atom is 0.231 e. The van der Waals surface area contributed by atoms with Crippen molar-refractivity contribution in [2.45, 2.75) is 10.4 Å². The number of halogens is 1. The van der Waals surface area contributed by atoms with E-state index in [0.717, 1.165) is 0 Å². The number of nitrogens with zero attached hydrogens (tertiary/aromatic N) is 1. The van der Waals surface area contributed by atoms with E-state index in [4.69, 9.17) is 0 Å². The van der Waals surface area contributed by atoms with Crippen LogP contribution in [0.5, 0.6) is 0 Å². The predicted molar refractivity (Wildman–Crippen MR) is 61.7 cm³/mol. The van der Waals surface area contributed by atoms with Gasteiger partial charge in [-0.3, -0.25) is 4.98 Å². The lowest BCUT2D eigenvalue weighted by Gasteiger charge is -2.09. The Morgan fingerprint density at radius 3 is 2.35 bits per heavy atom. The molecular formula is C12H10FNO2S. The van der Waals surface area contributed by atoms with Crippen LogP contribution in [0.25, 0.3) is 0 Å². The lowest BCUT2D eigenvalue weighted by molar-refractivity contribution is 0.430. The van der Waals surface area contributed by atoms with Crippen molar-refractivity contribution < 1.29 is 12.8 Å². The Bertz CT molecular complexity index is 584. The molecule has 2 aromatic rings. The van der Waals surface area contributed by atoms with Crippen molar-refractivity contribution in [1.29, 1.82) is 0 Å². The first-order valence-electron chi connectivity index (χ1n) is 4.95. The topological polar surface area (TPSA) is 47.0 Å². The molecule has 17 heavy (non-hydrogen) atoms. The second-order valence-corrected chi connectivity index (χ2v) is 5.44. The summed E-state index contributed by atoms with van der Waals surface area (Å²) in [6.07, 6.45) is 2.68. The second-order valence-electron chi connectivity index (χ2n) is 3.46. The molecule has 1 aromatic heterocycles. The van der Waals surface area contributed by atoms with Crippen molar-refractivity contribution >= 4 is 9.84 Å². The number of hydrogen-bond acceptors (Lipinski definition) is 3. The molecule has 0 bridgehead atoms. The van der Waals surface area contributed by atoms with Crippen LogP contribution in [0.3, 0.4) is 0 Å². The fourth-order valence-electron chi connectivity index (χ4n) is 1.42. The normalized spacial score (nSPS) is 13.2. The number of hydrogen-bond donors (Lipinski definition) is 0. The van der Waals surface area contributed by atoms with Gasteiger partial charge in [0.25, 0.3) is 0 Å². The molecule has 88 valence electrons. The number of rotatable bonds is 3. The number of alkyl halides is 1. The molecule has 1 unspecified atom stereocenters. The molecule has 0 saturated carbocycles. The van der Waals surface area contributed by atoms with Crippen LogP contribution in [0, 0.1) is 0 Å². The Balaban J connectivity index is 2.41. The van der Waals surface area contributed by atoms with E-state index < -0.39 is 15.3 Å². The zero-order chi connectivity index (χ0) is 12.3. The average molecular weight is 251 g/mol. The van der Waals surface area contributed by atoms with Gasteiger partial charge in [0.15, 0.2) is 0 Å². The van der Waals surface area contributed by atoms with Gasteiger partial charge in [-0.05, 0) is 18.2 Å². The van der Waals surface area contributed by atoms with E-state index in [2.05, 4.69) is 4.98 Å². The molecule has 0 aliphatic carbocycles. The van der Waals surface area contributed by atoms with Crippen LogP contribution in [-0.2, 0) is 9.84 Å². The molecule has 0 N–H and O–H groups in total. The fourth-order valence-corrected chi connectivity index (χ4v) is 2.69. The Labute approximate surface area is 98.9 Å². The predicted octanol–water partition coefficient (Wildman–Crippen LogP) is 2.52. The maximum atomic E-state index is 14.0. The van der Waals surface area contributed by atoms with Gasteiger partial charge in [-0.2, -0.15) is 0 Å². The molecule has 1 atom stereocenters. The first-order valence-corrected chi connectivity index (χ1v) is 6.50. The van der Waals surface area contributed by atoms with E-state index in [-0.39, 0.29) is 10.5 Å². The van der Waals surface area contributed by atoms with Crippen LogP contribution in [-0.4, -0.2) is 13.4 Å². The quantitative estimate of drug-likeness (QED) is 0.842. The monoisotopic (exact) mass is 251 g/mol. The summed E-state index contributed by atoms with van der Waals surface area (Å²) in [5.74, 6) is 0. The van der Waals surface area contributed by atoms with Gasteiger partial charge >= 0.3 is 0 Å². The minimum atomic E-state index is -4.00. The molecule has 0 aliphatic heterocycles. The van der Waals surface area contributed by atoms with Crippen molar-refractivity contribution in [3.63, 3.8) is 0 Å². The Morgan fingerprint density at radius 1 is 1.06 bits per heavy atom. The Hall–Kier alpha value is -1.75. The van der Waals surface area contributed by atoms with Gasteiger partial charge in [0.05, 0.1) is 4.90 Å². The number of aromatic nitrogens is 1. The SMILES string of the molecule is O=S(=O)(c1ccccc1)C(F)c1cccnc1.